The van der Waals surface area contributed by atoms with Crippen molar-refractivity contribution in [3.63, 3.8) is 0 Å². The molecule has 3 nitrogen and oxygen atoms in total. The first-order chi connectivity index (χ1) is 8.13. The Morgan fingerprint density at radius 3 is 2.82 bits per heavy atom. The Bertz CT molecular complexity index is 535. The van der Waals surface area contributed by atoms with Gasteiger partial charge in [-0.15, -0.1) is 0 Å². The number of nitrogens with two attached hydrogens (primary N) is 1. The second kappa shape index (κ2) is 5.08. The molecule has 0 saturated heterocycles. The molecule has 2 aromatic rings. The number of hydrogen-bond acceptors (Lipinski definition) is 2. The van der Waals surface area contributed by atoms with Gasteiger partial charge >= 0.3 is 0 Å². The van der Waals surface area contributed by atoms with Gasteiger partial charge in [-0.1, -0.05) is 35.3 Å². The fraction of sp³-hybridized carbons (Fsp3) is 0.250. The molecule has 2 N–H and O–H groups in total. The van der Waals surface area contributed by atoms with Gasteiger partial charge in [0.05, 0.1) is 22.3 Å². The second-order valence-corrected chi connectivity index (χ2v) is 4.59. The van der Waals surface area contributed by atoms with Crippen LogP contribution in [0.4, 0.5) is 0 Å². The molecule has 0 atom stereocenters. The van der Waals surface area contributed by atoms with Crippen LogP contribution >= 0.6 is 23.2 Å². The first kappa shape index (κ1) is 12.4. The predicted octanol–water partition coefficient (Wildman–Crippen LogP) is 3.01. The topological polar surface area (TPSA) is 43.8 Å². The van der Waals surface area contributed by atoms with Crippen LogP contribution in [0, 0.1) is 6.92 Å². The molecule has 17 heavy (non-hydrogen) atoms. The molecular formula is C12H13Cl2N3. The molecule has 1 aromatic heterocycles. The Balaban J connectivity index is 2.37. The monoisotopic (exact) mass is 269 g/mol. The highest BCUT2D eigenvalue weighted by molar-refractivity contribution is 6.42. The number of benzene rings is 1. The van der Waals surface area contributed by atoms with Crippen molar-refractivity contribution in [2.75, 3.05) is 0 Å². The van der Waals surface area contributed by atoms with Crippen molar-refractivity contribution in [3.05, 3.63) is 51.5 Å². The van der Waals surface area contributed by atoms with Gasteiger partial charge in [0.1, 0.15) is 5.82 Å². The van der Waals surface area contributed by atoms with E-state index in [4.69, 9.17) is 28.9 Å². The Labute approximate surface area is 110 Å². The van der Waals surface area contributed by atoms with E-state index in [1.807, 2.05) is 23.6 Å². The number of imidazole rings is 1. The Kier molecular flexibility index (Phi) is 3.72. The molecule has 0 amide bonds. The fourth-order valence-electron chi connectivity index (χ4n) is 1.73. The number of aryl methyl sites for hydroxylation is 1. The lowest BCUT2D eigenvalue weighted by Gasteiger charge is -2.11. The second-order valence-electron chi connectivity index (χ2n) is 3.80. The Morgan fingerprint density at radius 1 is 1.35 bits per heavy atom. The predicted molar refractivity (Wildman–Crippen MR) is 70.4 cm³/mol. The zero-order valence-corrected chi connectivity index (χ0v) is 11.0. The lowest BCUT2D eigenvalue weighted by Crippen LogP contribution is -2.10. The van der Waals surface area contributed by atoms with E-state index in [1.165, 1.54) is 0 Å². The lowest BCUT2D eigenvalue weighted by molar-refractivity contribution is 0.714. The van der Waals surface area contributed by atoms with Crippen LogP contribution in [0.25, 0.3) is 0 Å². The van der Waals surface area contributed by atoms with Gasteiger partial charge in [0.25, 0.3) is 0 Å². The lowest BCUT2D eigenvalue weighted by atomic mass is 10.2. The van der Waals surface area contributed by atoms with Crippen molar-refractivity contribution in [2.45, 2.75) is 20.0 Å². The Morgan fingerprint density at radius 2 is 2.12 bits per heavy atom. The van der Waals surface area contributed by atoms with Crippen molar-refractivity contribution in [1.29, 1.82) is 0 Å². The highest BCUT2D eigenvalue weighted by atomic mass is 35.5. The smallest absolute Gasteiger partial charge is 0.106 e. The van der Waals surface area contributed by atoms with Gasteiger partial charge in [0.2, 0.25) is 0 Å². The average Bonchev–Trinajstić information content (AvgIpc) is 2.66. The maximum absolute atomic E-state index is 6.16. The molecular weight excluding hydrogens is 257 g/mol. The molecule has 0 saturated carbocycles. The van der Waals surface area contributed by atoms with Crippen molar-refractivity contribution < 1.29 is 0 Å². The van der Waals surface area contributed by atoms with Crippen LogP contribution in [-0.4, -0.2) is 9.55 Å². The van der Waals surface area contributed by atoms with Crippen LogP contribution in [0.3, 0.4) is 0 Å². The number of hydrogen-bond donors (Lipinski definition) is 1. The van der Waals surface area contributed by atoms with E-state index in [9.17, 15) is 0 Å². The molecule has 0 radical (unpaired) electrons. The van der Waals surface area contributed by atoms with Gasteiger partial charge in [0, 0.05) is 12.7 Å². The number of aromatic nitrogens is 2. The third-order valence-corrected chi connectivity index (χ3v) is 3.56. The molecule has 90 valence electrons. The van der Waals surface area contributed by atoms with E-state index in [1.54, 1.807) is 12.3 Å². The maximum Gasteiger partial charge on any atom is 0.106 e. The molecule has 1 aromatic carbocycles. The van der Waals surface area contributed by atoms with Gasteiger partial charge < -0.3 is 10.3 Å². The van der Waals surface area contributed by atoms with E-state index in [0.29, 0.717) is 23.1 Å². The zero-order valence-electron chi connectivity index (χ0n) is 9.45. The normalized spacial score (nSPS) is 10.8. The van der Waals surface area contributed by atoms with E-state index < -0.39 is 0 Å². The van der Waals surface area contributed by atoms with Crippen LogP contribution in [0.5, 0.6) is 0 Å². The standard InChI is InChI=1S/C12H13Cl2N3/c1-8-16-6-10(5-15)17(8)7-9-3-2-4-11(13)12(9)14/h2-4,6H,5,7,15H2,1H3. The van der Waals surface area contributed by atoms with Crippen LogP contribution in [0.2, 0.25) is 10.0 Å². The van der Waals surface area contributed by atoms with Crippen LogP contribution in [0.1, 0.15) is 17.1 Å². The molecule has 0 bridgehead atoms. The minimum atomic E-state index is 0.457. The summed E-state index contributed by atoms with van der Waals surface area (Å²) in [6.45, 7) is 3.04. The van der Waals surface area contributed by atoms with Gasteiger partial charge in [-0.3, -0.25) is 0 Å². The molecule has 0 aliphatic rings. The number of halogens is 2. The van der Waals surface area contributed by atoms with Gasteiger partial charge in [-0.2, -0.15) is 0 Å². The summed E-state index contributed by atoms with van der Waals surface area (Å²) < 4.78 is 2.04. The average molecular weight is 270 g/mol. The van der Waals surface area contributed by atoms with Crippen LogP contribution < -0.4 is 5.73 Å². The molecule has 0 aliphatic carbocycles. The summed E-state index contributed by atoms with van der Waals surface area (Å²) in [5, 5.41) is 1.15. The molecule has 0 aliphatic heterocycles. The first-order valence-corrected chi connectivity index (χ1v) is 6.03. The molecule has 0 unspecified atom stereocenters. The Hall–Kier alpha value is -1.03. The summed E-state index contributed by atoms with van der Waals surface area (Å²) >= 11 is 12.1. The van der Waals surface area contributed by atoms with Gasteiger partial charge in [0.15, 0.2) is 0 Å². The highest BCUT2D eigenvalue weighted by Crippen LogP contribution is 2.26. The minimum absolute atomic E-state index is 0.457. The summed E-state index contributed by atoms with van der Waals surface area (Å²) in [7, 11) is 0. The highest BCUT2D eigenvalue weighted by Gasteiger charge is 2.09. The summed E-state index contributed by atoms with van der Waals surface area (Å²) in [4.78, 5) is 4.24. The summed E-state index contributed by atoms with van der Waals surface area (Å²) in [5.41, 5.74) is 7.62. The van der Waals surface area contributed by atoms with E-state index in [-0.39, 0.29) is 0 Å². The largest absolute Gasteiger partial charge is 0.327 e. The quantitative estimate of drug-likeness (QED) is 0.931. The van der Waals surface area contributed by atoms with Gasteiger partial charge in [-0.25, -0.2) is 4.98 Å². The number of nitrogens with zero attached hydrogens (tertiary/aromatic N) is 2. The van der Waals surface area contributed by atoms with Crippen LogP contribution in [-0.2, 0) is 13.1 Å². The van der Waals surface area contributed by atoms with Crippen molar-refractivity contribution in [1.82, 2.24) is 9.55 Å². The third-order valence-electron chi connectivity index (χ3n) is 2.71. The van der Waals surface area contributed by atoms with E-state index >= 15 is 0 Å². The molecule has 0 spiro atoms. The van der Waals surface area contributed by atoms with E-state index in [2.05, 4.69) is 4.98 Å². The summed E-state index contributed by atoms with van der Waals surface area (Å²) in [5.74, 6) is 0.918. The summed E-state index contributed by atoms with van der Waals surface area (Å²) in [6.07, 6.45) is 1.79. The van der Waals surface area contributed by atoms with Crippen LogP contribution in [0.15, 0.2) is 24.4 Å². The maximum atomic E-state index is 6.16. The minimum Gasteiger partial charge on any atom is -0.327 e. The molecule has 0 fully saturated rings. The van der Waals surface area contributed by atoms with Crippen molar-refractivity contribution >= 4 is 23.2 Å². The van der Waals surface area contributed by atoms with E-state index in [0.717, 1.165) is 17.1 Å². The summed E-state index contributed by atoms with van der Waals surface area (Å²) in [6, 6.07) is 5.61. The molecule has 5 heteroatoms. The van der Waals surface area contributed by atoms with Gasteiger partial charge in [-0.05, 0) is 18.6 Å². The third kappa shape index (κ3) is 2.46. The van der Waals surface area contributed by atoms with Crippen molar-refractivity contribution in [2.24, 2.45) is 5.73 Å². The fourth-order valence-corrected chi connectivity index (χ4v) is 2.11. The molecule has 2 rings (SSSR count). The van der Waals surface area contributed by atoms with Crippen molar-refractivity contribution in [3.8, 4) is 0 Å². The number of rotatable bonds is 3. The molecule has 1 heterocycles. The SMILES string of the molecule is Cc1ncc(CN)n1Cc1cccc(Cl)c1Cl. The first-order valence-electron chi connectivity index (χ1n) is 5.27. The zero-order chi connectivity index (χ0) is 12.4.